The van der Waals surface area contributed by atoms with Gasteiger partial charge in [0.25, 0.3) is 5.92 Å². The molecule has 0 radical (unpaired) electrons. The molecule has 1 aromatic heterocycles. The van der Waals surface area contributed by atoms with Crippen LogP contribution in [0, 0.1) is 0 Å². The molecule has 0 bridgehead atoms. The molecule has 0 aromatic carbocycles. The molecule has 0 N–H and O–H groups in total. The highest BCUT2D eigenvalue weighted by Crippen LogP contribution is 2.29. The van der Waals surface area contributed by atoms with Crippen molar-refractivity contribution in [3.05, 3.63) is 16.1 Å². The molecule has 1 fully saturated rings. The quantitative estimate of drug-likeness (QED) is 0.827. The summed E-state index contributed by atoms with van der Waals surface area (Å²) in [7, 11) is 0. The number of nitrogens with zero attached hydrogens (tertiary/aromatic N) is 2. The maximum Gasteiger partial charge on any atom is 0.250 e. The first-order valence-corrected chi connectivity index (χ1v) is 6.89. The Morgan fingerprint density at radius 3 is 2.59 bits per heavy atom. The Morgan fingerprint density at radius 1 is 1.41 bits per heavy atom. The van der Waals surface area contributed by atoms with Crippen LogP contribution in [0.1, 0.15) is 43.3 Å². The summed E-state index contributed by atoms with van der Waals surface area (Å²) in [6.07, 6.45) is -0.0369. The Kier molecular flexibility index (Phi) is 3.78. The normalized spacial score (nSPS) is 21.0. The number of rotatable bonds is 3. The average molecular weight is 260 g/mol. The SMILES string of the molecule is CC(C)c1csc(CN2CCC(F)(F)CC2)n1. The van der Waals surface area contributed by atoms with Crippen LogP contribution in [0.2, 0.25) is 0 Å². The van der Waals surface area contributed by atoms with Gasteiger partial charge in [0.1, 0.15) is 5.01 Å². The third kappa shape index (κ3) is 3.45. The van der Waals surface area contributed by atoms with Crippen molar-refractivity contribution in [1.82, 2.24) is 9.88 Å². The number of likely N-dealkylation sites (tertiary alicyclic amines) is 1. The van der Waals surface area contributed by atoms with Gasteiger partial charge in [0.15, 0.2) is 0 Å². The number of aromatic nitrogens is 1. The predicted octanol–water partition coefficient (Wildman–Crippen LogP) is 3.50. The highest BCUT2D eigenvalue weighted by atomic mass is 32.1. The second kappa shape index (κ2) is 4.98. The summed E-state index contributed by atoms with van der Waals surface area (Å²) in [5, 5.41) is 3.11. The molecule has 2 nitrogen and oxygen atoms in total. The summed E-state index contributed by atoms with van der Waals surface area (Å²) in [5.41, 5.74) is 1.10. The zero-order valence-electron chi connectivity index (χ0n) is 10.2. The second-order valence-electron chi connectivity index (χ2n) is 4.95. The van der Waals surface area contributed by atoms with E-state index in [1.807, 2.05) is 0 Å². The predicted molar refractivity (Wildman–Crippen MR) is 65.7 cm³/mol. The summed E-state index contributed by atoms with van der Waals surface area (Å²) in [6, 6.07) is 0. The molecule has 1 aliphatic heterocycles. The number of hydrogen-bond acceptors (Lipinski definition) is 3. The Bertz CT molecular complexity index is 366. The van der Waals surface area contributed by atoms with Crippen molar-refractivity contribution in [2.45, 2.75) is 45.1 Å². The Hall–Kier alpha value is -0.550. The van der Waals surface area contributed by atoms with E-state index in [0.717, 1.165) is 10.7 Å². The van der Waals surface area contributed by atoms with Crippen LogP contribution in [0.5, 0.6) is 0 Å². The first-order chi connectivity index (χ1) is 7.96. The van der Waals surface area contributed by atoms with Crippen LogP contribution in [-0.2, 0) is 6.54 Å². The van der Waals surface area contributed by atoms with Gasteiger partial charge in [-0.1, -0.05) is 13.8 Å². The molecule has 0 aliphatic carbocycles. The molecule has 0 spiro atoms. The minimum Gasteiger partial charge on any atom is -0.296 e. The van der Waals surface area contributed by atoms with E-state index < -0.39 is 5.92 Å². The molecule has 96 valence electrons. The first kappa shape index (κ1) is 12.9. The Balaban J connectivity index is 1.89. The molecule has 1 aliphatic rings. The largest absolute Gasteiger partial charge is 0.296 e. The molecule has 0 amide bonds. The Morgan fingerprint density at radius 2 is 2.06 bits per heavy atom. The van der Waals surface area contributed by atoms with E-state index in [-0.39, 0.29) is 12.8 Å². The second-order valence-corrected chi connectivity index (χ2v) is 5.90. The van der Waals surface area contributed by atoms with Gasteiger partial charge >= 0.3 is 0 Å². The lowest BCUT2D eigenvalue weighted by Gasteiger charge is -2.30. The topological polar surface area (TPSA) is 16.1 Å². The van der Waals surface area contributed by atoms with E-state index in [9.17, 15) is 8.78 Å². The zero-order valence-corrected chi connectivity index (χ0v) is 11.1. The lowest BCUT2D eigenvalue weighted by molar-refractivity contribution is -0.0566. The molecule has 0 atom stereocenters. The van der Waals surface area contributed by atoms with Crippen molar-refractivity contribution in [2.75, 3.05) is 13.1 Å². The zero-order chi connectivity index (χ0) is 12.5. The van der Waals surface area contributed by atoms with Crippen molar-refractivity contribution in [3.8, 4) is 0 Å². The maximum atomic E-state index is 13.0. The average Bonchev–Trinajstić information content (AvgIpc) is 2.70. The van der Waals surface area contributed by atoms with Gasteiger partial charge in [0, 0.05) is 31.3 Å². The molecular formula is C12H18F2N2S. The first-order valence-electron chi connectivity index (χ1n) is 6.01. The van der Waals surface area contributed by atoms with Crippen molar-refractivity contribution in [3.63, 3.8) is 0 Å². The number of piperidine rings is 1. The maximum absolute atomic E-state index is 13.0. The van der Waals surface area contributed by atoms with Crippen LogP contribution in [0.4, 0.5) is 8.78 Å². The number of thiazole rings is 1. The van der Waals surface area contributed by atoms with Gasteiger partial charge in [0.05, 0.1) is 12.2 Å². The van der Waals surface area contributed by atoms with Crippen LogP contribution < -0.4 is 0 Å². The van der Waals surface area contributed by atoms with Crippen LogP contribution in [0.3, 0.4) is 0 Å². The molecular weight excluding hydrogens is 242 g/mol. The highest BCUT2D eigenvalue weighted by molar-refractivity contribution is 7.09. The van der Waals surface area contributed by atoms with E-state index >= 15 is 0 Å². The molecule has 1 saturated heterocycles. The summed E-state index contributed by atoms with van der Waals surface area (Å²) in [6.45, 7) is 5.89. The van der Waals surface area contributed by atoms with Crippen molar-refractivity contribution in [1.29, 1.82) is 0 Å². The van der Waals surface area contributed by atoms with Crippen LogP contribution >= 0.6 is 11.3 Å². The van der Waals surface area contributed by atoms with E-state index in [0.29, 0.717) is 25.6 Å². The molecule has 2 heterocycles. The smallest absolute Gasteiger partial charge is 0.250 e. The standard InChI is InChI=1S/C12H18F2N2S/c1-9(2)10-8-17-11(15-10)7-16-5-3-12(13,14)4-6-16/h8-9H,3-7H2,1-2H3. The Labute approximate surface area is 105 Å². The minimum atomic E-state index is -2.46. The summed E-state index contributed by atoms with van der Waals surface area (Å²) in [5.74, 6) is -2.02. The third-order valence-electron chi connectivity index (χ3n) is 3.11. The van der Waals surface area contributed by atoms with Gasteiger partial charge in [0.2, 0.25) is 0 Å². The molecule has 0 saturated carbocycles. The van der Waals surface area contributed by atoms with Crippen molar-refractivity contribution in [2.24, 2.45) is 0 Å². The highest BCUT2D eigenvalue weighted by Gasteiger charge is 2.33. The van der Waals surface area contributed by atoms with Crippen LogP contribution in [0.15, 0.2) is 5.38 Å². The fourth-order valence-corrected chi connectivity index (χ4v) is 2.89. The van der Waals surface area contributed by atoms with E-state index in [1.54, 1.807) is 11.3 Å². The fourth-order valence-electron chi connectivity index (χ4n) is 1.89. The number of alkyl halides is 2. The summed E-state index contributed by atoms with van der Waals surface area (Å²) < 4.78 is 26.0. The van der Waals surface area contributed by atoms with E-state index in [1.165, 1.54) is 0 Å². The molecule has 2 rings (SSSR count). The van der Waals surface area contributed by atoms with E-state index in [4.69, 9.17) is 0 Å². The molecule has 0 unspecified atom stereocenters. The van der Waals surface area contributed by atoms with Crippen molar-refractivity contribution >= 4 is 11.3 Å². The molecule has 17 heavy (non-hydrogen) atoms. The van der Waals surface area contributed by atoms with Crippen LogP contribution in [0.25, 0.3) is 0 Å². The lowest BCUT2D eigenvalue weighted by atomic mass is 10.1. The summed E-state index contributed by atoms with van der Waals surface area (Å²) in [4.78, 5) is 6.60. The minimum absolute atomic E-state index is 0.0184. The van der Waals surface area contributed by atoms with Crippen molar-refractivity contribution < 1.29 is 8.78 Å². The lowest BCUT2D eigenvalue weighted by Crippen LogP contribution is -2.38. The van der Waals surface area contributed by atoms with Gasteiger partial charge in [-0.25, -0.2) is 13.8 Å². The van der Waals surface area contributed by atoms with Gasteiger partial charge in [-0.05, 0) is 5.92 Å². The van der Waals surface area contributed by atoms with Gasteiger partial charge < -0.3 is 0 Å². The van der Waals surface area contributed by atoms with E-state index in [2.05, 4.69) is 29.1 Å². The monoisotopic (exact) mass is 260 g/mol. The molecule has 5 heteroatoms. The summed E-state index contributed by atoms with van der Waals surface area (Å²) >= 11 is 1.63. The van der Waals surface area contributed by atoms with Gasteiger partial charge in [-0.15, -0.1) is 11.3 Å². The number of hydrogen-bond donors (Lipinski definition) is 0. The fraction of sp³-hybridized carbons (Fsp3) is 0.750. The number of halogens is 2. The van der Waals surface area contributed by atoms with Gasteiger partial charge in [-0.2, -0.15) is 0 Å². The van der Waals surface area contributed by atoms with Gasteiger partial charge in [-0.3, -0.25) is 4.90 Å². The van der Waals surface area contributed by atoms with Crippen LogP contribution in [-0.4, -0.2) is 28.9 Å². The third-order valence-corrected chi connectivity index (χ3v) is 3.96. The molecule has 1 aromatic rings.